The Morgan fingerprint density at radius 2 is 1.16 bits per heavy atom. The van der Waals surface area contributed by atoms with Crippen LogP contribution in [0.2, 0.25) is 0 Å². The molecular formula is C19H16N8O4. The van der Waals surface area contributed by atoms with Gasteiger partial charge in [-0.2, -0.15) is 0 Å². The average molecular weight is 420 g/mol. The van der Waals surface area contributed by atoms with Crippen molar-refractivity contribution in [2.24, 2.45) is 0 Å². The monoisotopic (exact) mass is 420 g/mol. The summed E-state index contributed by atoms with van der Waals surface area (Å²) in [7, 11) is 0. The Labute approximate surface area is 175 Å². The minimum atomic E-state index is -0.649. The number of rotatable bonds is 6. The number of hydrogen-bond acceptors (Lipinski definition) is 8. The van der Waals surface area contributed by atoms with E-state index in [-0.39, 0.29) is 11.6 Å². The molecule has 31 heavy (non-hydrogen) atoms. The van der Waals surface area contributed by atoms with Crippen molar-refractivity contribution < 1.29 is 9.85 Å². The van der Waals surface area contributed by atoms with Gasteiger partial charge in [0, 0.05) is 5.41 Å². The van der Waals surface area contributed by atoms with Gasteiger partial charge in [-0.05, 0) is 48.0 Å². The van der Waals surface area contributed by atoms with Crippen LogP contribution in [0.25, 0.3) is 11.6 Å². The minimum Gasteiger partial charge on any atom is -0.358 e. The van der Waals surface area contributed by atoms with Crippen LogP contribution in [-0.2, 0) is 5.41 Å². The fraction of sp³-hybridized carbons (Fsp3) is 0.158. The summed E-state index contributed by atoms with van der Waals surface area (Å²) >= 11 is 0. The maximum absolute atomic E-state index is 10.9. The van der Waals surface area contributed by atoms with Gasteiger partial charge in [0.25, 0.3) is 0 Å². The SMILES string of the molecule is CC(C)(c1cccc(-n2ccc([N+](=O)[O-])n2)n1)c1cccc(-n2ccc([N+](=O)[O-])n2)n1. The van der Waals surface area contributed by atoms with E-state index in [1.807, 2.05) is 26.0 Å². The summed E-state index contributed by atoms with van der Waals surface area (Å²) in [5, 5.41) is 29.6. The Balaban J connectivity index is 1.69. The third-order valence-corrected chi connectivity index (χ3v) is 4.74. The Bertz CT molecular complexity index is 1200. The predicted octanol–water partition coefficient (Wildman–Crippen LogP) is 2.99. The van der Waals surface area contributed by atoms with Crippen molar-refractivity contribution in [1.82, 2.24) is 29.5 Å². The second-order valence-electron chi connectivity index (χ2n) is 7.14. The maximum Gasteiger partial charge on any atom is 0.390 e. The molecule has 4 heterocycles. The first kappa shape index (κ1) is 19.8. The van der Waals surface area contributed by atoms with Gasteiger partial charge in [-0.25, -0.2) is 9.97 Å². The molecule has 0 saturated heterocycles. The van der Waals surface area contributed by atoms with E-state index in [4.69, 9.17) is 0 Å². The number of nitro groups is 2. The van der Waals surface area contributed by atoms with E-state index in [2.05, 4.69) is 20.2 Å². The lowest BCUT2D eigenvalue weighted by molar-refractivity contribution is -0.389. The van der Waals surface area contributed by atoms with Gasteiger partial charge in [0.15, 0.2) is 11.6 Å². The van der Waals surface area contributed by atoms with Crippen molar-refractivity contribution in [2.45, 2.75) is 19.3 Å². The molecule has 0 aliphatic rings. The number of pyridine rings is 2. The van der Waals surface area contributed by atoms with Crippen molar-refractivity contribution in [3.8, 4) is 11.6 Å². The van der Waals surface area contributed by atoms with E-state index < -0.39 is 15.3 Å². The summed E-state index contributed by atoms with van der Waals surface area (Å²) in [6.45, 7) is 3.87. The molecule has 0 bridgehead atoms. The van der Waals surface area contributed by atoms with Crippen LogP contribution in [0.15, 0.2) is 60.9 Å². The zero-order valence-corrected chi connectivity index (χ0v) is 16.5. The largest absolute Gasteiger partial charge is 0.390 e. The molecule has 0 spiro atoms. The highest BCUT2D eigenvalue weighted by atomic mass is 16.6. The second-order valence-corrected chi connectivity index (χ2v) is 7.14. The van der Waals surface area contributed by atoms with Gasteiger partial charge < -0.3 is 20.2 Å². The molecule has 4 aromatic heterocycles. The highest BCUT2D eigenvalue weighted by molar-refractivity contribution is 5.37. The molecule has 0 radical (unpaired) electrons. The number of nitrogens with zero attached hydrogens (tertiary/aromatic N) is 8. The van der Waals surface area contributed by atoms with Gasteiger partial charge in [-0.1, -0.05) is 12.1 Å². The molecule has 12 heteroatoms. The lowest BCUT2D eigenvalue weighted by Gasteiger charge is -2.24. The van der Waals surface area contributed by atoms with Crippen molar-refractivity contribution >= 4 is 11.6 Å². The highest BCUT2D eigenvalue weighted by Crippen LogP contribution is 2.30. The normalized spacial score (nSPS) is 11.4. The molecule has 0 aromatic carbocycles. The van der Waals surface area contributed by atoms with E-state index >= 15 is 0 Å². The van der Waals surface area contributed by atoms with Gasteiger partial charge in [-0.15, -0.1) is 9.36 Å². The Hall–Kier alpha value is -4.48. The predicted molar refractivity (Wildman–Crippen MR) is 108 cm³/mol. The van der Waals surface area contributed by atoms with Crippen LogP contribution in [0.1, 0.15) is 25.2 Å². The third-order valence-electron chi connectivity index (χ3n) is 4.74. The van der Waals surface area contributed by atoms with Crippen molar-refractivity contribution in [3.05, 3.63) is 92.5 Å². The van der Waals surface area contributed by atoms with Crippen molar-refractivity contribution in [3.63, 3.8) is 0 Å². The molecule has 0 fully saturated rings. The third kappa shape index (κ3) is 3.73. The van der Waals surface area contributed by atoms with Crippen LogP contribution in [0, 0.1) is 20.2 Å². The molecule has 0 saturated carbocycles. The molecule has 0 atom stereocenters. The summed E-state index contributed by atoms with van der Waals surface area (Å²) in [5.74, 6) is 0.318. The van der Waals surface area contributed by atoms with Gasteiger partial charge in [0.05, 0.1) is 46.1 Å². The van der Waals surface area contributed by atoms with Gasteiger partial charge >= 0.3 is 11.6 Å². The zero-order valence-electron chi connectivity index (χ0n) is 16.5. The van der Waals surface area contributed by atoms with Crippen LogP contribution >= 0.6 is 0 Å². The molecule has 0 N–H and O–H groups in total. The van der Waals surface area contributed by atoms with E-state index in [9.17, 15) is 20.2 Å². The van der Waals surface area contributed by atoms with Gasteiger partial charge in [-0.3, -0.25) is 0 Å². The fourth-order valence-corrected chi connectivity index (χ4v) is 3.01. The van der Waals surface area contributed by atoms with Crippen molar-refractivity contribution in [1.29, 1.82) is 0 Å². The van der Waals surface area contributed by atoms with E-state index in [1.165, 1.54) is 33.9 Å². The van der Waals surface area contributed by atoms with Crippen molar-refractivity contribution in [2.75, 3.05) is 0 Å². The van der Waals surface area contributed by atoms with Gasteiger partial charge in [0.2, 0.25) is 0 Å². The molecule has 4 aromatic rings. The van der Waals surface area contributed by atoms with Crippen LogP contribution in [-0.4, -0.2) is 39.4 Å². The first-order chi connectivity index (χ1) is 14.8. The first-order valence-electron chi connectivity index (χ1n) is 9.11. The quantitative estimate of drug-likeness (QED) is 0.341. The van der Waals surface area contributed by atoms with Crippen LogP contribution in [0.5, 0.6) is 0 Å². The smallest absolute Gasteiger partial charge is 0.358 e. The molecular weight excluding hydrogens is 404 g/mol. The highest BCUT2D eigenvalue weighted by Gasteiger charge is 2.28. The molecule has 0 unspecified atom stereocenters. The van der Waals surface area contributed by atoms with Crippen LogP contribution in [0.3, 0.4) is 0 Å². The fourth-order valence-electron chi connectivity index (χ4n) is 3.01. The Morgan fingerprint density at radius 1 is 0.742 bits per heavy atom. The molecule has 12 nitrogen and oxygen atoms in total. The Morgan fingerprint density at radius 3 is 1.52 bits per heavy atom. The van der Waals surface area contributed by atoms with E-state index in [0.29, 0.717) is 23.0 Å². The minimum absolute atomic E-state index is 0.269. The van der Waals surface area contributed by atoms with Crippen LogP contribution < -0.4 is 0 Å². The molecule has 156 valence electrons. The topological polar surface area (TPSA) is 148 Å². The summed E-state index contributed by atoms with van der Waals surface area (Å²) in [4.78, 5) is 29.9. The Kier molecular flexibility index (Phi) is 4.73. The van der Waals surface area contributed by atoms with Gasteiger partial charge in [0.1, 0.15) is 0 Å². The lowest BCUT2D eigenvalue weighted by atomic mass is 9.84. The van der Waals surface area contributed by atoms with E-state index in [1.54, 1.807) is 24.3 Å². The molecule has 0 aliphatic heterocycles. The van der Waals surface area contributed by atoms with Crippen LogP contribution in [0.4, 0.5) is 11.6 Å². The zero-order chi connectivity index (χ0) is 22.2. The van der Waals surface area contributed by atoms with E-state index in [0.717, 1.165) is 0 Å². The summed E-state index contributed by atoms with van der Waals surface area (Å²) in [6, 6.07) is 13.2. The maximum atomic E-state index is 10.9. The second kappa shape index (κ2) is 7.40. The number of aromatic nitrogens is 6. The lowest BCUT2D eigenvalue weighted by Crippen LogP contribution is -2.23. The molecule has 0 amide bonds. The summed E-state index contributed by atoms with van der Waals surface area (Å²) in [5.41, 5.74) is 0.683. The number of hydrogen-bond donors (Lipinski definition) is 0. The average Bonchev–Trinajstić information content (AvgIpc) is 3.44. The summed E-state index contributed by atoms with van der Waals surface area (Å²) in [6.07, 6.45) is 2.95. The molecule has 4 rings (SSSR count). The molecule has 0 aliphatic carbocycles. The standard InChI is InChI=1S/C19H16N8O4/c1-19(2,13-5-3-7-15(20-13)24-11-9-17(22-24)26(28)29)14-6-4-8-16(21-14)25-12-10-18(23-25)27(30)31/h3-12H,1-2H3. The first-order valence-corrected chi connectivity index (χ1v) is 9.11. The summed E-state index contributed by atoms with van der Waals surface area (Å²) < 4.78 is 2.68.